The first-order valence-corrected chi connectivity index (χ1v) is 8.42. The highest BCUT2D eigenvalue weighted by Crippen LogP contribution is 2.26. The number of fused-ring (bicyclic) bond motifs is 1. The van der Waals surface area contributed by atoms with Crippen LogP contribution in [-0.4, -0.2) is 29.2 Å². The van der Waals surface area contributed by atoms with Crippen LogP contribution in [-0.2, 0) is 0 Å². The first kappa shape index (κ1) is 17.2. The molecule has 0 saturated carbocycles. The maximum Gasteiger partial charge on any atom is 0.261 e. The largest absolute Gasteiger partial charge is 0.321 e. The highest BCUT2D eigenvalue weighted by atomic mass is 32.1. The highest BCUT2D eigenvalue weighted by molar-refractivity contribution is 7.80. The van der Waals surface area contributed by atoms with Crippen molar-refractivity contribution in [2.75, 3.05) is 11.9 Å². The SMILES string of the molecule is CC(C)CN1C(=O)c2ccc(C(=O)Nc3ccccc3S)cc2C1=O. The van der Waals surface area contributed by atoms with E-state index in [1.807, 2.05) is 19.9 Å². The van der Waals surface area contributed by atoms with Crippen LogP contribution in [0.3, 0.4) is 0 Å². The van der Waals surface area contributed by atoms with E-state index in [-0.39, 0.29) is 29.2 Å². The van der Waals surface area contributed by atoms with Crippen LogP contribution in [0, 0.1) is 5.92 Å². The highest BCUT2D eigenvalue weighted by Gasteiger charge is 2.36. The second kappa shape index (κ2) is 6.72. The summed E-state index contributed by atoms with van der Waals surface area (Å²) in [6.07, 6.45) is 0. The molecular formula is C19H18N2O3S. The minimum atomic E-state index is -0.355. The Balaban J connectivity index is 1.87. The molecule has 0 radical (unpaired) electrons. The Morgan fingerprint density at radius 3 is 2.44 bits per heavy atom. The summed E-state index contributed by atoms with van der Waals surface area (Å²) >= 11 is 4.30. The fourth-order valence-electron chi connectivity index (χ4n) is 2.74. The smallest absolute Gasteiger partial charge is 0.261 e. The fourth-order valence-corrected chi connectivity index (χ4v) is 2.95. The molecule has 1 aliphatic heterocycles. The van der Waals surface area contributed by atoms with E-state index < -0.39 is 0 Å². The topological polar surface area (TPSA) is 66.5 Å². The third-order valence-corrected chi connectivity index (χ3v) is 4.32. The van der Waals surface area contributed by atoms with Crippen molar-refractivity contribution >= 4 is 36.0 Å². The minimum Gasteiger partial charge on any atom is -0.321 e. The maximum atomic E-state index is 12.5. The summed E-state index contributed by atoms with van der Waals surface area (Å²) in [5, 5.41) is 2.76. The number of nitrogens with one attached hydrogen (secondary N) is 1. The summed E-state index contributed by atoms with van der Waals surface area (Å²) in [7, 11) is 0. The lowest BCUT2D eigenvalue weighted by Crippen LogP contribution is -2.33. The van der Waals surface area contributed by atoms with E-state index in [0.717, 1.165) is 0 Å². The monoisotopic (exact) mass is 354 g/mol. The van der Waals surface area contributed by atoms with Crippen molar-refractivity contribution in [2.45, 2.75) is 18.7 Å². The molecule has 0 aromatic heterocycles. The van der Waals surface area contributed by atoms with Crippen LogP contribution in [0.2, 0.25) is 0 Å². The number of anilines is 1. The van der Waals surface area contributed by atoms with Gasteiger partial charge < -0.3 is 5.32 Å². The van der Waals surface area contributed by atoms with Gasteiger partial charge in [-0.1, -0.05) is 26.0 Å². The molecule has 1 aliphatic rings. The molecular weight excluding hydrogens is 336 g/mol. The maximum absolute atomic E-state index is 12.5. The molecule has 0 spiro atoms. The zero-order valence-electron chi connectivity index (χ0n) is 13.9. The van der Waals surface area contributed by atoms with Gasteiger partial charge in [0, 0.05) is 17.0 Å². The number of rotatable bonds is 4. The molecule has 0 saturated heterocycles. The molecule has 5 nitrogen and oxygen atoms in total. The van der Waals surface area contributed by atoms with Gasteiger partial charge in [0.2, 0.25) is 0 Å². The summed E-state index contributed by atoms with van der Waals surface area (Å²) in [5.74, 6) is -0.831. The van der Waals surface area contributed by atoms with E-state index in [9.17, 15) is 14.4 Å². The number of imide groups is 1. The van der Waals surface area contributed by atoms with Crippen molar-refractivity contribution in [1.29, 1.82) is 0 Å². The number of hydrogen-bond donors (Lipinski definition) is 2. The Labute approximate surface area is 151 Å². The Morgan fingerprint density at radius 2 is 1.76 bits per heavy atom. The molecule has 3 rings (SSSR count). The third kappa shape index (κ3) is 3.30. The number of carbonyl (C=O) groups excluding carboxylic acids is 3. The lowest BCUT2D eigenvalue weighted by Gasteiger charge is -2.15. The van der Waals surface area contributed by atoms with Crippen LogP contribution in [0.1, 0.15) is 44.9 Å². The van der Waals surface area contributed by atoms with Crippen LogP contribution < -0.4 is 5.32 Å². The molecule has 128 valence electrons. The molecule has 2 aromatic rings. The van der Waals surface area contributed by atoms with E-state index in [2.05, 4.69) is 17.9 Å². The van der Waals surface area contributed by atoms with E-state index in [1.54, 1.807) is 24.3 Å². The molecule has 0 bridgehead atoms. The Hall–Kier alpha value is -2.60. The third-order valence-electron chi connectivity index (χ3n) is 3.93. The molecule has 3 amide bonds. The Morgan fingerprint density at radius 1 is 1.08 bits per heavy atom. The number of para-hydroxylation sites is 1. The van der Waals surface area contributed by atoms with Crippen LogP contribution >= 0.6 is 12.6 Å². The number of thiol groups is 1. The molecule has 0 atom stereocenters. The van der Waals surface area contributed by atoms with Gasteiger partial charge in [0.25, 0.3) is 17.7 Å². The predicted molar refractivity (Wildman–Crippen MR) is 98.3 cm³/mol. The molecule has 0 fully saturated rings. The van der Waals surface area contributed by atoms with Gasteiger partial charge >= 0.3 is 0 Å². The van der Waals surface area contributed by atoms with Gasteiger partial charge in [-0.2, -0.15) is 0 Å². The second-order valence-electron chi connectivity index (χ2n) is 6.35. The second-order valence-corrected chi connectivity index (χ2v) is 6.83. The van der Waals surface area contributed by atoms with Crippen LogP contribution in [0.4, 0.5) is 5.69 Å². The van der Waals surface area contributed by atoms with Crippen molar-refractivity contribution in [2.24, 2.45) is 5.92 Å². The molecule has 1 N–H and O–H groups in total. The molecule has 0 unspecified atom stereocenters. The fraction of sp³-hybridized carbons (Fsp3) is 0.211. The average Bonchev–Trinajstić information content (AvgIpc) is 2.81. The summed E-state index contributed by atoms with van der Waals surface area (Å²) in [6.45, 7) is 4.25. The average molecular weight is 354 g/mol. The van der Waals surface area contributed by atoms with Gasteiger partial charge in [0.15, 0.2) is 0 Å². The van der Waals surface area contributed by atoms with Crippen LogP contribution in [0.25, 0.3) is 0 Å². The van der Waals surface area contributed by atoms with Crippen molar-refractivity contribution in [1.82, 2.24) is 4.90 Å². The van der Waals surface area contributed by atoms with Gasteiger partial charge in [-0.25, -0.2) is 0 Å². The molecule has 0 aliphatic carbocycles. The van der Waals surface area contributed by atoms with Crippen molar-refractivity contribution in [3.8, 4) is 0 Å². The lowest BCUT2D eigenvalue weighted by atomic mass is 10.1. The molecule has 6 heteroatoms. The quantitative estimate of drug-likeness (QED) is 0.652. The first-order chi connectivity index (χ1) is 11.9. The summed E-state index contributed by atoms with van der Waals surface area (Å²) in [4.78, 5) is 39.2. The van der Waals surface area contributed by atoms with Crippen molar-refractivity contribution in [3.63, 3.8) is 0 Å². The summed E-state index contributed by atoms with van der Waals surface area (Å²) in [5.41, 5.74) is 1.53. The molecule has 25 heavy (non-hydrogen) atoms. The van der Waals surface area contributed by atoms with Crippen LogP contribution in [0.5, 0.6) is 0 Å². The van der Waals surface area contributed by atoms with Gasteiger partial charge in [-0.3, -0.25) is 19.3 Å². The van der Waals surface area contributed by atoms with E-state index >= 15 is 0 Å². The van der Waals surface area contributed by atoms with Crippen molar-refractivity contribution < 1.29 is 14.4 Å². The number of benzene rings is 2. The molecule has 1 heterocycles. The number of nitrogens with zero attached hydrogens (tertiary/aromatic N) is 1. The lowest BCUT2D eigenvalue weighted by molar-refractivity contribution is 0.0636. The zero-order chi connectivity index (χ0) is 18.1. The first-order valence-electron chi connectivity index (χ1n) is 7.98. The summed E-state index contributed by atoms with van der Waals surface area (Å²) < 4.78 is 0. The van der Waals surface area contributed by atoms with Crippen molar-refractivity contribution in [3.05, 3.63) is 59.2 Å². The standard InChI is InChI=1S/C19H18N2O3S/c1-11(2)10-21-18(23)13-8-7-12(9-14(13)19(21)24)17(22)20-15-5-3-4-6-16(15)25/h3-9,11,25H,10H2,1-2H3,(H,20,22). The predicted octanol–water partition coefficient (Wildman–Crippen LogP) is 3.48. The zero-order valence-corrected chi connectivity index (χ0v) is 14.8. The Kier molecular flexibility index (Phi) is 4.63. The number of amides is 3. The van der Waals surface area contributed by atoms with E-state index in [4.69, 9.17) is 0 Å². The number of hydrogen-bond acceptors (Lipinski definition) is 4. The Bertz CT molecular complexity index is 877. The number of carbonyl (C=O) groups is 3. The van der Waals surface area contributed by atoms with Gasteiger partial charge in [-0.05, 0) is 36.2 Å². The summed E-state index contributed by atoms with van der Waals surface area (Å²) in [6, 6.07) is 11.7. The van der Waals surface area contributed by atoms with E-state index in [1.165, 1.54) is 17.0 Å². The normalized spacial score (nSPS) is 13.4. The van der Waals surface area contributed by atoms with E-state index in [0.29, 0.717) is 28.3 Å². The molecule has 2 aromatic carbocycles. The van der Waals surface area contributed by atoms with Crippen LogP contribution in [0.15, 0.2) is 47.4 Å². The van der Waals surface area contributed by atoms with Gasteiger partial charge in [0.1, 0.15) is 0 Å². The van der Waals surface area contributed by atoms with Gasteiger partial charge in [-0.15, -0.1) is 12.6 Å². The minimum absolute atomic E-state index is 0.178. The van der Waals surface area contributed by atoms with Gasteiger partial charge in [0.05, 0.1) is 16.8 Å².